The van der Waals surface area contributed by atoms with Crippen molar-refractivity contribution in [3.05, 3.63) is 54.6 Å². The zero-order valence-electron chi connectivity index (χ0n) is 15.8. The van der Waals surface area contributed by atoms with Crippen LogP contribution in [0.2, 0.25) is 0 Å². The third kappa shape index (κ3) is 4.19. The summed E-state index contributed by atoms with van der Waals surface area (Å²) < 4.78 is 1.77. The summed E-state index contributed by atoms with van der Waals surface area (Å²) in [4.78, 5) is 13.9. The van der Waals surface area contributed by atoms with Crippen LogP contribution in [0.15, 0.2) is 54.1 Å². The Morgan fingerprint density at radius 1 is 1.30 bits per heavy atom. The molecule has 2 aliphatic heterocycles. The largest absolute Gasteiger partial charge is 0.357 e. The number of likely N-dealkylation sites (tertiary alicyclic amines) is 1. The van der Waals surface area contributed by atoms with Gasteiger partial charge in [0.2, 0.25) is 0 Å². The molecular formula is C20H27N7. The maximum Gasteiger partial charge on any atom is 0.194 e. The Bertz CT molecular complexity index is 788. The van der Waals surface area contributed by atoms with E-state index in [1.807, 2.05) is 12.1 Å². The monoisotopic (exact) mass is 365 g/mol. The normalized spacial score (nSPS) is 20.6. The second-order valence-electron chi connectivity index (χ2n) is 6.99. The molecule has 1 aromatic carbocycles. The first-order valence-corrected chi connectivity index (χ1v) is 9.69. The van der Waals surface area contributed by atoms with Crippen LogP contribution in [0.5, 0.6) is 0 Å². The molecule has 2 aliphatic rings. The van der Waals surface area contributed by atoms with Crippen molar-refractivity contribution in [1.29, 1.82) is 0 Å². The predicted molar refractivity (Wildman–Crippen MR) is 107 cm³/mol. The quantitative estimate of drug-likeness (QED) is 0.496. The lowest BCUT2D eigenvalue weighted by atomic mass is 10.2. The van der Waals surface area contributed by atoms with E-state index in [9.17, 15) is 0 Å². The highest BCUT2D eigenvalue weighted by atomic mass is 15.3. The van der Waals surface area contributed by atoms with Crippen molar-refractivity contribution in [3.63, 3.8) is 0 Å². The summed E-state index contributed by atoms with van der Waals surface area (Å²) in [7, 11) is 0. The third-order valence-corrected chi connectivity index (χ3v) is 5.17. The van der Waals surface area contributed by atoms with Gasteiger partial charge in [-0.05, 0) is 31.0 Å². The Hall–Kier alpha value is -2.67. The van der Waals surface area contributed by atoms with E-state index in [1.54, 1.807) is 17.3 Å². The smallest absolute Gasteiger partial charge is 0.194 e. The number of benzene rings is 1. The van der Waals surface area contributed by atoms with Crippen LogP contribution in [-0.4, -0.2) is 69.3 Å². The fraction of sp³-hybridized carbons (Fsp3) is 0.450. The van der Waals surface area contributed by atoms with Gasteiger partial charge in [0.05, 0.1) is 12.2 Å². The standard InChI is InChI=1S/C20H27N7/c1-2-22-20(26-11-8-19(14-26)25-9-3-4-10-25)23-13-17-6-5-7-18(12-17)27-16-21-15-24-27/h3-7,12,15-16,19H,2,8-11,13-14H2,1H3,(H,22,23). The van der Waals surface area contributed by atoms with Crippen LogP contribution in [0.4, 0.5) is 0 Å². The molecule has 0 saturated carbocycles. The zero-order chi connectivity index (χ0) is 18.5. The van der Waals surface area contributed by atoms with Gasteiger partial charge in [-0.15, -0.1) is 0 Å². The molecule has 7 nitrogen and oxygen atoms in total. The van der Waals surface area contributed by atoms with E-state index in [1.165, 1.54) is 6.42 Å². The van der Waals surface area contributed by atoms with Crippen molar-refractivity contribution in [2.45, 2.75) is 25.9 Å². The fourth-order valence-electron chi connectivity index (χ4n) is 3.76. The molecule has 0 aliphatic carbocycles. The van der Waals surface area contributed by atoms with E-state index in [-0.39, 0.29) is 0 Å². The van der Waals surface area contributed by atoms with Crippen LogP contribution in [0.1, 0.15) is 18.9 Å². The van der Waals surface area contributed by atoms with Gasteiger partial charge < -0.3 is 10.2 Å². The number of hydrogen-bond donors (Lipinski definition) is 1. The van der Waals surface area contributed by atoms with Gasteiger partial charge in [-0.25, -0.2) is 14.7 Å². The molecule has 0 amide bonds. The van der Waals surface area contributed by atoms with Crippen molar-refractivity contribution >= 4 is 5.96 Å². The average Bonchev–Trinajstić information content (AvgIpc) is 3.46. The topological polar surface area (TPSA) is 61.6 Å². The Morgan fingerprint density at radius 2 is 2.19 bits per heavy atom. The number of guanidine groups is 1. The van der Waals surface area contributed by atoms with Gasteiger partial charge in [0.15, 0.2) is 5.96 Å². The fourth-order valence-corrected chi connectivity index (χ4v) is 3.76. The molecule has 2 aromatic rings. The molecule has 0 spiro atoms. The Balaban J connectivity index is 1.43. The van der Waals surface area contributed by atoms with Crippen LogP contribution in [0.3, 0.4) is 0 Å². The number of aromatic nitrogens is 3. The van der Waals surface area contributed by atoms with Gasteiger partial charge in [-0.2, -0.15) is 5.10 Å². The second-order valence-corrected chi connectivity index (χ2v) is 6.99. The van der Waals surface area contributed by atoms with E-state index in [0.717, 1.165) is 49.9 Å². The van der Waals surface area contributed by atoms with Gasteiger partial charge in [0.1, 0.15) is 12.7 Å². The SMILES string of the molecule is CCNC(=NCc1cccc(-n2cncn2)c1)N1CCC(N2CC=CC2)C1. The Morgan fingerprint density at radius 3 is 2.96 bits per heavy atom. The average molecular weight is 365 g/mol. The minimum Gasteiger partial charge on any atom is -0.357 e. The Labute approximate surface area is 160 Å². The molecule has 1 unspecified atom stereocenters. The highest BCUT2D eigenvalue weighted by molar-refractivity contribution is 5.80. The van der Waals surface area contributed by atoms with E-state index < -0.39 is 0 Å². The van der Waals surface area contributed by atoms with Gasteiger partial charge >= 0.3 is 0 Å². The predicted octanol–water partition coefficient (Wildman–Crippen LogP) is 1.68. The van der Waals surface area contributed by atoms with Gasteiger partial charge in [0.25, 0.3) is 0 Å². The lowest BCUT2D eigenvalue weighted by Gasteiger charge is -2.25. The van der Waals surface area contributed by atoms with Crippen molar-refractivity contribution in [2.75, 3.05) is 32.7 Å². The molecule has 4 rings (SSSR count). The molecule has 7 heteroatoms. The molecule has 1 saturated heterocycles. The number of aliphatic imine (C=N–C) groups is 1. The lowest BCUT2D eigenvalue weighted by molar-refractivity contribution is 0.259. The minimum absolute atomic E-state index is 0.625. The summed E-state index contributed by atoms with van der Waals surface area (Å²) in [5.74, 6) is 1.01. The first-order valence-electron chi connectivity index (χ1n) is 9.69. The summed E-state index contributed by atoms with van der Waals surface area (Å²) in [6.45, 7) is 7.93. The van der Waals surface area contributed by atoms with Crippen LogP contribution in [0.25, 0.3) is 5.69 Å². The van der Waals surface area contributed by atoms with Gasteiger partial charge in [-0.3, -0.25) is 4.90 Å². The minimum atomic E-state index is 0.625. The third-order valence-electron chi connectivity index (χ3n) is 5.17. The zero-order valence-corrected chi connectivity index (χ0v) is 15.8. The maximum atomic E-state index is 4.90. The number of hydrogen-bond acceptors (Lipinski definition) is 4. The summed E-state index contributed by atoms with van der Waals surface area (Å²) in [6.07, 6.45) is 9.00. The first-order chi connectivity index (χ1) is 13.3. The summed E-state index contributed by atoms with van der Waals surface area (Å²) in [5, 5.41) is 7.66. The molecule has 1 atom stereocenters. The lowest BCUT2D eigenvalue weighted by Crippen LogP contribution is -2.42. The molecule has 0 radical (unpaired) electrons. The maximum absolute atomic E-state index is 4.90. The van der Waals surface area contributed by atoms with Crippen molar-refractivity contribution in [1.82, 2.24) is 29.9 Å². The van der Waals surface area contributed by atoms with E-state index >= 15 is 0 Å². The molecule has 1 N–H and O–H groups in total. The second kappa shape index (κ2) is 8.35. The molecule has 1 fully saturated rings. The first kappa shape index (κ1) is 17.7. The molecule has 1 aromatic heterocycles. The molecular weight excluding hydrogens is 338 g/mol. The summed E-state index contributed by atoms with van der Waals surface area (Å²) in [5.41, 5.74) is 2.17. The van der Waals surface area contributed by atoms with Crippen LogP contribution in [-0.2, 0) is 6.54 Å². The highest BCUT2D eigenvalue weighted by Gasteiger charge is 2.29. The number of nitrogens with zero attached hydrogens (tertiary/aromatic N) is 6. The van der Waals surface area contributed by atoms with Crippen molar-refractivity contribution in [3.8, 4) is 5.69 Å². The van der Waals surface area contributed by atoms with Crippen LogP contribution >= 0.6 is 0 Å². The summed E-state index contributed by atoms with van der Waals surface area (Å²) in [6, 6.07) is 8.92. The van der Waals surface area contributed by atoms with Crippen LogP contribution in [0, 0.1) is 0 Å². The molecule has 3 heterocycles. The van der Waals surface area contributed by atoms with Crippen molar-refractivity contribution in [2.24, 2.45) is 4.99 Å². The van der Waals surface area contributed by atoms with Gasteiger partial charge in [0, 0.05) is 38.8 Å². The number of nitrogens with one attached hydrogen (secondary N) is 1. The highest BCUT2D eigenvalue weighted by Crippen LogP contribution is 2.18. The van der Waals surface area contributed by atoms with Crippen LogP contribution < -0.4 is 5.32 Å². The molecule has 0 bridgehead atoms. The van der Waals surface area contributed by atoms with E-state index in [0.29, 0.717) is 12.6 Å². The molecule has 27 heavy (non-hydrogen) atoms. The summed E-state index contributed by atoms with van der Waals surface area (Å²) >= 11 is 0. The van der Waals surface area contributed by atoms with Gasteiger partial charge in [-0.1, -0.05) is 24.3 Å². The van der Waals surface area contributed by atoms with E-state index in [2.05, 4.69) is 56.4 Å². The van der Waals surface area contributed by atoms with Crippen molar-refractivity contribution < 1.29 is 0 Å². The van der Waals surface area contributed by atoms with E-state index in [4.69, 9.17) is 4.99 Å². The molecule has 142 valence electrons. The Kier molecular flexibility index (Phi) is 5.48. The number of rotatable bonds is 5.